The van der Waals surface area contributed by atoms with Crippen LogP contribution in [0, 0.1) is 0 Å². The molecule has 1 aromatic carbocycles. The Labute approximate surface area is 164 Å². The number of hydrogen-bond donors (Lipinski definition) is 4. The van der Waals surface area contributed by atoms with E-state index in [4.69, 9.17) is 9.94 Å². The van der Waals surface area contributed by atoms with E-state index < -0.39 is 26.8 Å². The Morgan fingerprint density at radius 3 is 2.57 bits per heavy atom. The highest BCUT2D eigenvalue weighted by Crippen LogP contribution is 2.29. The number of nitrogens with zero attached hydrogens (tertiary/aromatic N) is 1. The van der Waals surface area contributed by atoms with Crippen LogP contribution in [0.1, 0.15) is 24.8 Å². The second-order valence-corrected chi connectivity index (χ2v) is 9.37. The molecule has 3 rings (SSSR count). The molecule has 2 aliphatic heterocycles. The van der Waals surface area contributed by atoms with Crippen molar-refractivity contribution in [3.8, 4) is 0 Å². The van der Waals surface area contributed by atoms with Crippen molar-refractivity contribution < 1.29 is 28.3 Å². The smallest absolute Gasteiger partial charge is 0.278 e. The zero-order valence-corrected chi connectivity index (χ0v) is 16.4. The van der Waals surface area contributed by atoms with Crippen molar-refractivity contribution in [3.63, 3.8) is 0 Å². The SMILES string of the molecule is O=C(NO)C1(O)CNCCC1S(=O)(=O)N1CCC(OCc2ccccc2)CC1. The fraction of sp³-hybridized carbons (Fsp3) is 0.611. The molecule has 2 heterocycles. The molecule has 1 amide bonds. The molecule has 10 heteroatoms. The van der Waals surface area contributed by atoms with Crippen molar-refractivity contribution in [1.29, 1.82) is 0 Å². The number of aliphatic hydroxyl groups is 1. The minimum Gasteiger partial charge on any atom is -0.377 e. The van der Waals surface area contributed by atoms with E-state index in [1.807, 2.05) is 30.3 Å². The minimum atomic E-state index is -3.92. The molecule has 9 nitrogen and oxygen atoms in total. The number of hydroxylamine groups is 1. The molecule has 2 fully saturated rings. The van der Waals surface area contributed by atoms with E-state index in [0.29, 0.717) is 26.0 Å². The molecule has 1 aromatic rings. The van der Waals surface area contributed by atoms with Gasteiger partial charge in [-0.2, -0.15) is 0 Å². The van der Waals surface area contributed by atoms with E-state index in [2.05, 4.69) is 5.32 Å². The number of nitrogens with one attached hydrogen (secondary N) is 2. The Morgan fingerprint density at radius 1 is 1.25 bits per heavy atom. The van der Waals surface area contributed by atoms with Gasteiger partial charge in [-0.15, -0.1) is 0 Å². The predicted molar refractivity (Wildman–Crippen MR) is 101 cm³/mol. The molecule has 0 aromatic heterocycles. The average Bonchev–Trinajstić information content (AvgIpc) is 2.73. The fourth-order valence-electron chi connectivity index (χ4n) is 3.80. The summed E-state index contributed by atoms with van der Waals surface area (Å²) in [6.07, 6.45) is 1.12. The highest BCUT2D eigenvalue weighted by molar-refractivity contribution is 7.89. The van der Waals surface area contributed by atoms with Gasteiger partial charge in [-0.05, 0) is 31.4 Å². The molecular formula is C18H27N3O6S. The Balaban J connectivity index is 1.61. The normalized spacial score (nSPS) is 27.4. The summed E-state index contributed by atoms with van der Waals surface area (Å²) in [4.78, 5) is 11.9. The Morgan fingerprint density at radius 2 is 1.93 bits per heavy atom. The Hall–Kier alpha value is -1.56. The first-order valence-corrected chi connectivity index (χ1v) is 10.9. The van der Waals surface area contributed by atoms with Gasteiger partial charge in [0.15, 0.2) is 5.60 Å². The highest BCUT2D eigenvalue weighted by atomic mass is 32.2. The van der Waals surface area contributed by atoms with E-state index in [1.165, 1.54) is 9.79 Å². The quantitative estimate of drug-likeness (QED) is 0.369. The lowest BCUT2D eigenvalue weighted by molar-refractivity contribution is -0.150. The predicted octanol–water partition coefficient (Wildman–Crippen LogP) is -0.404. The van der Waals surface area contributed by atoms with Gasteiger partial charge in [-0.3, -0.25) is 10.0 Å². The van der Waals surface area contributed by atoms with Gasteiger partial charge in [-0.25, -0.2) is 18.2 Å². The van der Waals surface area contributed by atoms with Crippen molar-refractivity contribution in [2.75, 3.05) is 26.2 Å². The number of carbonyl (C=O) groups is 1. The van der Waals surface area contributed by atoms with Crippen LogP contribution in [-0.2, 0) is 26.2 Å². The third-order valence-electron chi connectivity index (χ3n) is 5.45. The maximum absolute atomic E-state index is 13.1. The summed E-state index contributed by atoms with van der Waals surface area (Å²) in [7, 11) is -3.92. The first-order chi connectivity index (χ1) is 13.4. The van der Waals surface area contributed by atoms with Gasteiger partial charge in [0.05, 0.1) is 12.7 Å². The van der Waals surface area contributed by atoms with Gasteiger partial charge in [0.25, 0.3) is 5.91 Å². The number of ether oxygens (including phenoxy) is 1. The monoisotopic (exact) mass is 413 g/mol. The number of amides is 1. The van der Waals surface area contributed by atoms with Crippen LogP contribution >= 0.6 is 0 Å². The number of benzene rings is 1. The lowest BCUT2D eigenvalue weighted by Crippen LogP contribution is -2.67. The highest BCUT2D eigenvalue weighted by Gasteiger charge is 2.53. The molecule has 0 radical (unpaired) electrons. The van der Waals surface area contributed by atoms with Crippen molar-refractivity contribution in [2.45, 2.75) is 42.8 Å². The molecule has 2 aliphatic rings. The summed E-state index contributed by atoms with van der Waals surface area (Å²) in [5, 5.41) is 21.1. The van der Waals surface area contributed by atoms with Gasteiger partial charge in [-0.1, -0.05) is 30.3 Å². The van der Waals surface area contributed by atoms with Gasteiger partial charge in [0.2, 0.25) is 10.0 Å². The molecule has 2 atom stereocenters. The summed E-state index contributed by atoms with van der Waals surface area (Å²) in [5.41, 5.74) is 0.234. The van der Waals surface area contributed by atoms with Gasteiger partial charge >= 0.3 is 0 Å². The van der Waals surface area contributed by atoms with Gasteiger partial charge in [0.1, 0.15) is 5.25 Å². The number of hydrogen-bond acceptors (Lipinski definition) is 7. The zero-order valence-electron chi connectivity index (χ0n) is 15.6. The summed E-state index contributed by atoms with van der Waals surface area (Å²) in [5.74, 6) is -1.12. The standard InChI is InChI=1S/C18H27N3O6S/c22-17(20-24)18(23)13-19-9-6-16(18)28(25,26)21-10-7-15(8-11-21)27-12-14-4-2-1-3-5-14/h1-5,15-16,19,23-24H,6-13H2,(H,20,22). The number of sulfonamides is 1. The van der Waals surface area contributed by atoms with E-state index in [-0.39, 0.29) is 32.2 Å². The third-order valence-corrected chi connectivity index (χ3v) is 7.88. The van der Waals surface area contributed by atoms with Crippen LogP contribution < -0.4 is 10.8 Å². The molecular weight excluding hydrogens is 386 g/mol. The maximum atomic E-state index is 13.1. The van der Waals surface area contributed by atoms with Crippen molar-refractivity contribution in [1.82, 2.24) is 15.1 Å². The van der Waals surface area contributed by atoms with Gasteiger partial charge in [0, 0.05) is 19.6 Å². The van der Waals surface area contributed by atoms with Crippen molar-refractivity contribution >= 4 is 15.9 Å². The molecule has 0 bridgehead atoms. The summed E-state index contributed by atoms with van der Waals surface area (Å²) < 4.78 is 33.4. The van der Waals surface area contributed by atoms with Crippen LogP contribution in [0.15, 0.2) is 30.3 Å². The summed E-state index contributed by atoms with van der Waals surface area (Å²) in [6.45, 7) is 1.13. The van der Waals surface area contributed by atoms with Crippen LogP contribution in [0.5, 0.6) is 0 Å². The molecule has 0 aliphatic carbocycles. The number of rotatable bonds is 6. The molecule has 0 saturated carbocycles. The first kappa shape index (κ1) is 21.2. The molecule has 0 spiro atoms. The number of β-amino-alcohol motifs (C(OH)–C–C–N with tert-alkyl or cyclic N) is 1. The van der Waals surface area contributed by atoms with E-state index >= 15 is 0 Å². The number of piperidine rings is 2. The first-order valence-electron chi connectivity index (χ1n) is 9.40. The second kappa shape index (κ2) is 8.85. The lowest BCUT2D eigenvalue weighted by Gasteiger charge is -2.41. The fourth-order valence-corrected chi connectivity index (χ4v) is 5.98. The summed E-state index contributed by atoms with van der Waals surface area (Å²) >= 11 is 0. The van der Waals surface area contributed by atoms with Crippen LogP contribution in [0.3, 0.4) is 0 Å². The van der Waals surface area contributed by atoms with Crippen LogP contribution in [0.2, 0.25) is 0 Å². The summed E-state index contributed by atoms with van der Waals surface area (Å²) in [6, 6.07) is 9.77. The molecule has 2 saturated heterocycles. The number of carbonyl (C=O) groups excluding carboxylic acids is 1. The van der Waals surface area contributed by atoms with E-state index in [0.717, 1.165) is 5.56 Å². The third kappa shape index (κ3) is 4.37. The van der Waals surface area contributed by atoms with Crippen LogP contribution in [-0.4, -0.2) is 72.1 Å². The van der Waals surface area contributed by atoms with Gasteiger partial charge < -0.3 is 15.2 Å². The average molecular weight is 413 g/mol. The second-order valence-electron chi connectivity index (χ2n) is 7.26. The maximum Gasteiger partial charge on any atom is 0.278 e. The van der Waals surface area contributed by atoms with Crippen LogP contribution in [0.4, 0.5) is 0 Å². The van der Waals surface area contributed by atoms with Crippen LogP contribution in [0.25, 0.3) is 0 Å². The molecule has 156 valence electrons. The van der Waals surface area contributed by atoms with E-state index in [1.54, 1.807) is 0 Å². The van der Waals surface area contributed by atoms with Crippen molar-refractivity contribution in [3.05, 3.63) is 35.9 Å². The van der Waals surface area contributed by atoms with E-state index in [9.17, 15) is 18.3 Å². The molecule has 2 unspecified atom stereocenters. The topological polar surface area (TPSA) is 128 Å². The zero-order chi connectivity index (χ0) is 20.2. The Kier molecular flexibility index (Phi) is 6.69. The minimum absolute atomic E-state index is 0.0423. The molecule has 28 heavy (non-hydrogen) atoms. The Bertz CT molecular complexity index is 767. The molecule has 4 N–H and O–H groups in total. The lowest BCUT2D eigenvalue weighted by atomic mass is 9.93. The van der Waals surface area contributed by atoms with Crippen molar-refractivity contribution in [2.24, 2.45) is 0 Å². The largest absolute Gasteiger partial charge is 0.377 e.